The number of benzene rings is 2. The molecule has 0 radical (unpaired) electrons. The number of aromatic nitrogens is 1. The van der Waals surface area contributed by atoms with Crippen LogP contribution in [-0.4, -0.2) is 17.3 Å². The Bertz CT molecular complexity index is 1070. The Morgan fingerprint density at radius 3 is 2.57 bits per heavy atom. The van der Waals surface area contributed by atoms with Crippen LogP contribution in [0.3, 0.4) is 0 Å². The van der Waals surface area contributed by atoms with E-state index in [2.05, 4.69) is 54.9 Å². The first-order valence-electron chi connectivity index (χ1n) is 9.37. The van der Waals surface area contributed by atoms with Gasteiger partial charge in [0.2, 0.25) is 6.79 Å². The van der Waals surface area contributed by atoms with Gasteiger partial charge in [-0.2, -0.15) is 0 Å². The summed E-state index contributed by atoms with van der Waals surface area (Å²) in [4.78, 5) is 13.2. The molecule has 0 aliphatic carbocycles. The van der Waals surface area contributed by atoms with Crippen molar-refractivity contribution in [3.63, 3.8) is 0 Å². The predicted octanol–water partition coefficient (Wildman–Crippen LogP) is 4.75. The van der Waals surface area contributed by atoms with Gasteiger partial charge in [0, 0.05) is 24.0 Å². The largest absolute Gasteiger partial charge is 0.454 e. The second kappa shape index (κ2) is 7.08. The van der Waals surface area contributed by atoms with Crippen LogP contribution < -0.4 is 14.8 Å². The quantitative estimate of drug-likeness (QED) is 0.715. The van der Waals surface area contributed by atoms with Gasteiger partial charge in [0.1, 0.15) is 5.69 Å². The number of hydrogen-bond donors (Lipinski definition) is 1. The zero-order valence-electron chi connectivity index (χ0n) is 16.6. The molecule has 1 N–H and O–H groups in total. The number of amides is 1. The maximum Gasteiger partial charge on any atom is 0.272 e. The predicted molar refractivity (Wildman–Crippen MR) is 109 cm³/mol. The van der Waals surface area contributed by atoms with Crippen molar-refractivity contribution in [1.29, 1.82) is 0 Å². The first-order valence-corrected chi connectivity index (χ1v) is 9.37. The number of rotatable bonds is 4. The molecule has 4 rings (SSSR count). The summed E-state index contributed by atoms with van der Waals surface area (Å²) in [5, 5.41) is 3.01. The molecule has 1 amide bonds. The highest BCUT2D eigenvalue weighted by Crippen LogP contribution is 2.34. The Balaban J connectivity index is 1.66. The van der Waals surface area contributed by atoms with Gasteiger partial charge in [-0.15, -0.1) is 0 Å². The standard InChI is InChI=1S/C23H24N2O3/c1-14-6-5-7-18(10-14)12-25-17(4)15(2)16(3)22(25)23(26)24-19-8-9-20-21(11-19)28-13-27-20/h5-11H,12-13H2,1-4H3,(H,24,26). The van der Waals surface area contributed by atoms with E-state index in [9.17, 15) is 4.79 Å². The molecule has 5 heteroatoms. The summed E-state index contributed by atoms with van der Waals surface area (Å²) in [7, 11) is 0. The van der Waals surface area contributed by atoms with Crippen LogP contribution >= 0.6 is 0 Å². The summed E-state index contributed by atoms with van der Waals surface area (Å²) in [6.07, 6.45) is 0. The Kier molecular flexibility index (Phi) is 4.59. The lowest BCUT2D eigenvalue weighted by Crippen LogP contribution is -2.19. The first kappa shape index (κ1) is 18.2. The molecule has 0 spiro atoms. The number of ether oxygens (including phenoxy) is 2. The SMILES string of the molecule is Cc1cccc(Cn2c(C)c(C)c(C)c2C(=O)Nc2ccc3c(c2)OCO3)c1. The molecule has 1 aromatic heterocycles. The third-order valence-electron chi connectivity index (χ3n) is 5.40. The van der Waals surface area contributed by atoms with Gasteiger partial charge in [-0.3, -0.25) is 4.79 Å². The van der Waals surface area contributed by atoms with Gasteiger partial charge in [-0.25, -0.2) is 0 Å². The van der Waals surface area contributed by atoms with E-state index in [4.69, 9.17) is 9.47 Å². The highest BCUT2D eigenvalue weighted by atomic mass is 16.7. The van der Waals surface area contributed by atoms with Crippen molar-refractivity contribution < 1.29 is 14.3 Å². The van der Waals surface area contributed by atoms with E-state index in [0.29, 0.717) is 29.4 Å². The average molecular weight is 376 g/mol. The van der Waals surface area contributed by atoms with E-state index in [1.165, 1.54) is 11.1 Å². The summed E-state index contributed by atoms with van der Waals surface area (Å²) in [5.74, 6) is 1.22. The molecule has 28 heavy (non-hydrogen) atoms. The molecule has 2 aromatic carbocycles. The summed E-state index contributed by atoms with van der Waals surface area (Å²) >= 11 is 0. The van der Waals surface area contributed by atoms with Crippen LogP contribution in [0.25, 0.3) is 0 Å². The molecule has 5 nitrogen and oxygen atoms in total. The van der Waals surface area contributed by atoms with E-state index in [0.717, 1.165) is 16.8 Å². The molecule has 0 saturated heterocycles. The van der Waals surface area contributed by atoms with E-state index < -0.39 is 0 Å². The van der Waals surface area contributed by atoms with Crippen LogP contribution in [-0.2, 0) is 6.54 Å². The third kappa shape index (κ3) is 3.24. The molecule has 0 unspecified atom stereocenters. The lowest BCUT2D eigenvalue weighted by Gasteiger charge is -2.14. The Morgan fingerprint density at radius 1 is 1.00 bits per heavy atom. The van der Waals surface area contributed by atoms with Crippen molar-refractivity contribution in [2.45, 2.75) is 34.2 Å². The van der Waals surface area contributed by atoms with Crippen LogP contribution in [0.5, 0.6) is 11.5 Å². The topological polar surface area (TPSA) is 52.5 Å². The van der Waals surface area contributed by atoms with Crippen molar-refractivity contribution in [3.8, 4) is 11.5 Å². The number of nitrogens with zero attached hydrogens (tertiary/aromatic N) is 1. The molecule has 0 saturated carbocycles. The molecule has 144 valence electrons. The van der Waals surface area contributed by atoms with Gasteiger partial charge < -0.3 is 19.4 Å². The summed E-state index contributed by atoms with van der Waals surface area (Å²) in [6, 6.07) is 13.8. The van der Waals surface area contributed by atoms with E-state index in [-0.39, 0.29) is 12.7 Å². The van der Waals surface area contributed by atoms with E-state index in [1.807, 2.05) is 19.1 Å². The first-order chi connectivity index (χ1) is 13.4. The highest BCUT2D eigenvalue weighted by Gasteiger charge is 2.22. The molecular formula is C23H24N2O3. The normalized spacial score (nSPS) is 12.3. The average Bonchev–Trinajstić information content (AvgIpc) is 3.21. The Morgan fingerprint density at radius 2 is 1.79 bits per heavy atom. The molecule has 1 aliphatic rings. The van der Waals surface area contributed by atoms with Gasteiger partial charge in [0.15, 0.2) is 11.5 Å². The van der Waals surface area contributed by atoms with Crippen molar-refractivity contribution in [1.82, 2.24) is 4.57 Å². The van der Waals surface area contributed by atoms with Gasteiger partial charge in [-0.1, -0.05) is 29.8 Å². The van der Waals surface area contributed by atoms with Crippen molar-refractivity contribution in [2.75, 3.05) is 12.1 Å². The smallest absolute Gasteiger partial charge is 0.272 e. The molecule has 0 bridgehead atoms. The fourth-order valence-electron chi connectivity index (χ4n) is 3.67. The molecule has 3 aromatic rings. The fraction of sp³-hybridized carbons (Fsp3) is 0.261. The Hall–Kier alpha value is -3.21. The second-order valence-corrected chi connectivity index (χ2v) is 7.28. The van der Waals surface area contributed by atoms with Crippen LogP contribution in [0.1, 0.15) is 38.4 Å². The van der Waals surface area contributed by atoms with Crippen molar-refractivity contribution >= 4 is 11.6 Å². The molecule has 0 fully saturated rings. The lowest BCUT2D eigenvalue weighted by atomic mass is 10.1. The summed E-state index contributed by atoms with van der Waals surface area (Å²) in [5.41, 5.74) is 7.01. The van der Waals surface area contributed by atoms with E-state index in [1.54, 1.807) is 6.07 Å². The zero-order chi connectivity index (χ0) is 19.8. The van der Waals surface area contributed by atoms with Gasteiger partial charge in [-0.05, 0) is 56.5 Å². The van der Waals surface area contributed by atoms with Crippen molar-refractivity contribution in [3.05, 3.63) is 76.1 Å². The Labute approximate surface area is 164 Å². The number of nitrogens with one attached hydrogen (secondary N) is 1. The molecule has 0 atom stereocenters. The van der Waals surface area contributed by atoms with E-state index >= 15 is 0 Å². The highest BCUT2D eigenvalue weighted by molar-refractivity contribution is 6.04. The van der Waals surface area contributed by atoms with Crippen LogP contribution in [0.2, 0.25) is 0 Å². The minimum atomic E-state index is -0.125. The number of fused-ring (bicyclic) bond motifs is 1. The maximum atomic E-state index is 13.2. The number of anilines is 1. The second-order valence-electron chi connectivity index (χ2n) is 7.28. The number of carbonyl (C=O) groups is 1. The van der Waals surface area contributed by atoms with Crippen LogP contribution in [0, 0.1) is 27.7 Å². The lowest BCUT2D eigenvalue weighted by molar-refractivity contribution is 0.101. The number of hydrogen-bond acceptors (Lipinski definition) is 3. The summed E-state index contributed by atoms with van der Waals surface area (Å²) in [6.45, 7) is 9.08. The fourth-order valence-corrected chi connectivity index (χ4v) is 3.67. The summed E-state index contributed by atoms with van der Waals surface area (Å²) < 4.78 is 12.8. The molecular weight excluding hydrogens is 352 g/mol. The zero-order valence-corrected chi connectivity index (χ0v) is 16.6. The third-order valence-corrected chi connectivity index (χ3v) is 5.40. The minimum absolute atomic E-state index is 0.125. The van der Waals surface area contributed by atoms with Crippen LogP contribution in [0.15, 0.2) is 42.5 Å². The van der Waals surface area contributed by atoms with Crippen molar-refractivity contribution in [2.24, 2.45) is 0 Å². The number of carbonyl (C=O) groups excluding carboxylic acids is 1. The maximum absolute atomic E-state index is 13.2. The molecule has 2 heterocycles. The van der Waals surface area contributed by atoms with Gasteiger partial charge in [0.25, 0.3) is 5.91 Å². The minimum Gasteiger partial charge on any atom is -0.454 e. The number of aryl methyl sites for hydroxylation is 1. The van der Waals surface area contributed by atoms with Gasteiger partial charge in [0.05, 0.1) is 0 Å². The van der Waals surface area contributed by atoms with Crippen LogP contribution in [0.4, 0.5) is 5.69 Å². The monoisotopic (exact) mass is 376 g/mol. The van der Waals surface area contributed by atoms with Gasteiger partial charge >= 0.3 is 0 Å². The molecule has 1 aliphatic heterocycles.